The predicted molar refractivity (Wildman–Crippen MR) is 137 cm³/mol. The minimum absolute atomic E-state index is 0.140. The van der Waals surface area contributed by atoms with Crippen LogP contribution in [0.15, 0.2) is 47.3 Å². The Bertz CT molecular complexity index is 1260. The molecule has 2 aliphatic rings. The summed E-state index contributed by atoms with van der Waals surface area (Å²) in [5, 5.41) is 0.891. The number of aromatic amines is 1. The average Bonchev–Trinajstić information content (AvgIpc) is 3.40. The summed E-state index contributed by atoms with van der Waals surface area (Å²) in [7, 11) is 0. The number of amides is 1. The van der Waals surface area contributed by atoms with Crippen molar-refractivity contribution in [3.63, 3.8) is 0 Å². The van der Waals surface area contributed by atoms with Gasteiger partial charge < -0.3 is 20.5 Å². The van der Waals surface area contributed by atoms with Gasteiger partial charge in [0, 0.05) is 67.3 Å². The highest BCUT2D eigenvalue weighted by atomic mass is 19.1. The largest absolute Gasteiger partial charge is 0.398 e. The molecule has 3 aromatic rings. The molecule has 0 unspecified atom stereocenters. The normalized spacial score (nSPS) is 16.8. The molecule has 3 N–H and O–H groups in total. The molecule has 2 saturated heterocycles. The molecule has 2 aliphatic heterocycles. The molecule has 0 atom stereocenters. The van der Waals surface area contributed by atoms with Gasteiger partial charge >= 0.3 is 0 Å². The summed E-state index contributed by atoms with van der Waals surface area (Å²) in [5.41, 5.74) is 8.67. The first-order valence-corrected chi connectivity index (χ1v) is 12.5. The second-order valence-corrected chi connectivity index (χ2v) is 9.56. The van der Waals surface area contributed by atoms with Crippen LogP contribution in [-0.4, -0.2) is 66.5 Å². The van der Waals surface area contributed by atoms with E-state index in [1.165, 1.54) is 12.1 Å². The van der Waals surface area contributed by atoms with Gasteiger partial charge in [0.2, 0.25) is 0 Å². The summed E-state index contributed by atoms with van der Waals surface area (Å²) in [4.78, 5) is 34.5. The quantitative estimate of drug-likeness (QED) is 0.533. The van der Waals surface area contributed by atoms with Crippen LogP contribution in [0.3, 0.4) is 0 Å². The highest BCUT2D eigenvalue weighted by Gasteiger charge is 2.21. The number of anilines is 2. The number of H-pyrrole nitrogens is 1. The topological polar surface area (TPSA) is 85.7 Å². The van der Waals surface area contributed by atoms with Crippen LogP contribution in [-0.2, 0) is 6.42 Å². The van der Waals surface area contributed by atoms with E-state index in [1.807, 2.05) is 23.1 Å². The van der Waals surface area contributed by atoms with Gasteiger partial charge in [-0.3, -0.25) is 14.5 Å². The summed E-state index contributed by atoms with van der Waals surface area (Å²) in [6, 6.07) is 12.4. The first-order chi connectivity index (χ1) is 17.0. The molecule has 0 saturated carbocycles. The first kappa shape index (κ1) is 23.4. The van der Waals surface area contributed by atoms with E-state index in [9.17, 15) is 14.0 Å². The van der Waals surface area contributed by atoms with Crippen LogP contribution in [0.5, 0.6) is 0 Å². The second kappa shape index (κ2) is 10.1. The standard InChI is InChI=1S/C27H32FN5O2/c28-20-16-24-23(25(29)17-20)18-21(30-26(24)34)4-3-9-31-12-14-32(15-13-31)22-7-5-19(6-8-22)27(35)33-10-1-2-11-33/h5-8,16-18H,1-4,9-15,29H2,(H,30,34). The third kappa shape index (κ3) is 5.17. The number of aromatic nitrogens is 1. The van der Waals surface area contributed by atoms with Crippen molar-refractivity contribution < 1.29 is 9.18 Å². The molecule has 35 heavy (non-hydrogen) atoms. The number of hydrogen-bond donors (Lipinski definition) is 2. The Morgan fingerprint density at radius 1 is 0.943 bits per heavy atom. The fourth-order valence-corrected chi connectivity index (χ4v) is 5.19. The first-order valence-electron chi connectivity index (χ1n) is 12.5. The van der Waals surface area contributed by atoms with E-state index in [0.717, 1.165) is 88.4 Å². The molecule has 8 heteroatoms. The number of pyridine rings is 1. The Morgan fingerprint density at radius 3 is 2.37 bits per heavy atom. The second-order valence-electron chi connectivity index (χ2n) is 9.56. The van der Waals surface area contributed by atoms with Gasteiger partial charge in [-0.25, -0.2) is 4.39 Å². The molecule has 0 radical (unpaired) electrons. The van der Waals surface area contributed by atoms with Crippen molar-refractivity contribution in [3.05, 3.63) is 69.9 Å². The number of aryl methyl sites for hydroxylation is 1. The molecule has 3 heterocycles. The van der Waals surface area contributed by atoms with Crippen molar-refractivity contribution in [1.82, 2.24) is 14.8 Å². The Balaban J connectivity index is 1.11. The molecule has 0 aliphatic carbocycles. The van der Waals surface area contributed by atoms with Gasteiger partial charge in [0.05, 0.1) is 5.39 Å². The lowest BCUT2D eigenvalue weighted by molar-refractivity contribution is 0.0793. The van der Waals surface area contributed by atoms with Gasteiger partial charge in [0.25, 0.3) is 11.5 Å². The molecule has 1 amide bonds. The van der Waals surface area contributed by atoms with Crippen LogP contribution in [0.4, 0.5) is 15.8 Å². The zero-order valence-electron chi connectivity index (χ0n) is 19.9. The molecule has 5 rings (SSSR count). The minimum atomic E-state index is -0.501. The van der Waals surface area contributed by atoms with Gasteiger partial charge in [-0.05, 0) is 74.7 Å². The molecule has 0 spiro atoms. The van der Waals surface area contributed by atoms with Crippen LogP contribution in [0, 0.1) is 5.82 Å². The molecular weight excluding hydrogens is 445 g/mol. The van der Waals surface area contributed by atoms with Gasteiger partial charge in [-0.15, -0.1) is 0 Å². The van der Waals surface area contributed by atoms with Crippen molar-refractivity contribution in [2.75, 3.05) is 56.4 Å². The number of nitrogens with two attached hydrogens (primary N) is 1. The van der Waals surface area contributed by atoms with Crippen LogP contribution in [0.1, 0.15) is 35.3 Å². The van der Waals surface area contributed by atoms with E-state index in [-0.39, 0.29) is 22.5 Å². The summed E-state index contributed by atoms with van der Waals surface area (Å²) >= 11 is 0. The van der Waals surface area contributed by atoms with E-state index < -0.39 is 5.82 Å². The number of likely N-dealkylation sites (tertiary alicyclic amines) is 1. The zero-order chi connectivity index (χ0) is 24.4. The van der Waals surface area contributed by atoms with E-state index in [2.05, 4.69) is 26.9 Å². The zero-order valence-corrected chi connectivity index (χ0v) is 19.9. The lowest BCUT2D eigenvalue weighted by Crippen LogP contribution is -2.46. The maximum Gasteiger partial charge on any atom is 0.256 e. The number of nitrogens with zero attached hydrogens (tertiary/aromatic N) is 3. The van der Waals surface area contributed by atoms with Gasteiger partial charge in [0.1, 0.15) is 5.82 Å². The summed E-state index contributed by atoms with van der Waals surface area (Å²) in [6.45, 7) is 6.49. The number of benzene rings is 2. The predicted octanol–water partition coefficient (Wildman–Crippen LogP) is 3.24. The Morgan fingerprint density at radius 2 is 1.66 bits per heavy atom. The number of nitrogens with one attached hydrogen (secondary N) is 1. The number of halogens is 1. The van der Waals surface area contributed by atoms with Crippen molar-refractivity contribution in [2.24, 2.45) is 0 Å². The molecule has 1 aromatic heterocycles. The minimum Gasteiger partial charge on any atom is -0.398 e. The lowest BCUT2D eigenvalue weighted by atomic mass is 10.1. The molecule has 7 nitrogen and oxygen atoms in total. The van der Waals surface area contributed by atoms with E-state index >= 15 is 0 Å². The van der Waals surface area contributed by atoms with E-state index in [0.29, 0.717) is 5.39 Å². The SMILES string of the molecule is Nc1cc(F)cc2c(=O)[nH]c(CCCN3CCN(c4ccc(C(=O)N5CCCC5)cc4)CC3)cc12. The maximum absolute atomic E-state index is 13.6. The van der Waals surface area contributed by atoms with Crippen LogP contribution in [0.25, 0.3) is 10.8 Å². The summed E-state index contributed by atoms with van der Waals surface area (Å²) < 4.78 is 13.6. The maximum atomic E-state index is 13.6. The fourth-order valence-electron chi connectivity index (χ4n) is 5.19. The smallest absolute Gasteiger partial charge is 0.256 e. The van der Waals surface area contributed by atoms with Crippen LogP contribution in [0.2, 0.25) is 0 Å². The number of piperazine rings is 1. The van der Waals surface area contributed by atoms with Gasteiger partial charge in [-0.2, -0.15) is 0 Å². The molecule has 2 fully saturated rings. The number of fused-ring (bicyclic) bond motifs is 1. The van der Waals surface area contributed by atoms with Gasteiger partial charge in [-0.1, -0.05) is 0 Å². The number of hydrogen-bond acceptors (Lipinski definition) is 5. The Kier molecular flexibility index (Phi) is 6.72. The van der Waals surface area contributed by atoms with Crippen LogP contribution >= 0.6 is 0 Å². The van der Waals surface area contributed by atoms with Gasteiger partial charge in [0.15, 0.2) is 0 Å². The summed E-state index contributed by atoms with van der Waals surface area (Å²) in [6.07, 6.45) is 3.85. The van der Waals surface area contributed by atoms with Crippen LogP contribution < -0.4 is 16.2 Å². The lowest BCUT2D eigenvalue weighted by Gasteiger charge is -2.36. The van der Waals surface area contributed by atoms with E-state index in [1.54, 1.807) is 0 Å². The van der Waals surface area contributed by atoms with Crippen molar-refractivity contribution in [1.29, 1.82) is 0 Å². The highest BCUT2D eigenvalue weighted by molar-refractivity contribution is 5.94. The monoisotopic (exact) mass is 477 g/mol. The number of carbonyl (C=O) groups is 1. The Hall–Kier alpha value is -3.39. The molecular formula is C27H32FN5O2. The summed E-state index contributed by atoms with van der Waals surface area (Å²) in [5.74, 6) is -0.361. The third-order valence-corrected chi connectivity index (χ3v) is 7.18. The third-order valence-electron chi connectivity index (χ3n) is 7.18. The number of nitrogen functional groups attached to an aromatic ring is 1. The Labute approximate surface area is 204 Å². The van der Waals surface area contributed by atoms with Crippen molar-refractivity contribution in [3.8, 4) is 0 Å². The molecule has 184 valence electrons. The molecule has 0 bridgehead atoms. The van der Waals surface area contributed by atoms with Crippen molar-refractivity contribution >= 4 is 28.1 Å². The highest BCUT2D eigenvalue weighted by Crippen LogP contribution is 2.22. The van der Waals surface area contributed by atoms with E-state index in [4.69, 9.17) is 5.73 Å². The molecule has 2 aromatic carbocycles. The fraction of sp³-hybridized carbons (Fsp3) is 0.407. The average molecular weight is 478 g/mol. The number of rotatable bonds is 6. The van der Waals surface area contributed by atoms with Crippen molar-refractivity contribution in [2.45, 2.75) is 25.7 Å². The number of carbonyl (C=O) groups excluding carboxylic acids is 1.